The van der Waals surface area contributed by atoms with E-state index in [1.54, 1.807) is 17.2 Å². The van der Waals surface area contributed by atoms with Crippen molar-refractivity contribution in [3.8, 4) is 33.5 Å². The van der Waals surface area contributed by atoms with E-state index in [1.165, 1.54) is 14.2 Å². The molecule has 1 aliphatic heterocycles. The van der Waals surface area contributed by atoms with Crippen molar-refractivity contribution in [2.45, 2.75) is 71.6 Å². The summed E-state index contributed by atoms with van der Waals surface area (Å²) in [6.07, 6.45) is 4.46. The zero-order chi connectivity index (χ0) is 42.2. The first kappa shape index (κ1) is 42.2. The first-order chi connectivity index (χ1) is 28.4. The maximum atomic E-state index is 13.6. The molecule has 59 heavy (non-hydrogen) atoms. The number of nitrogens with zero attached hydrogens (tertiary/aromatic N) is 4. The molecule has 310 valence electrons. The second kappa shape index (κ2) is 18.9. The van der Waals surface area contributed by atoms with Gasteiger partial charge < -0.3 is 39.9 Å². The van der Waals surface area contributed by atoms with Crippen LogP contribution in [0.4, 0.5) is 9.59 Å². The molecule has 4 amide bonds. The second-order valence-electron chi connectivity index (χ2n) is 15.5. The summed E-state index contributed by atoms with van der Waals surface area (Å²) >= 11 is 0. The quantitative estimate of drug-likeness (QED) is 0.0783. The Balaban J connectivity index is 1.12. The molecule has 14 nitrogen and oxygen atoms in total. The Hall–Kier alpha value is -6.44. The average Bonchev–Trinajstić information content (AvgIpc) is 4.03. The van der Waals surface area contributed by atoms with Crippen molar-refractivity contribution in [1.29, 1.82) is 0 Å². The number of hydrogen-bond acceptors (Lipinski definition) is 8. The molecule has 0 aliphatic carbocycles. The minimum Gasteiger partial charge on any atom is -0.453 e. The Morgan fingerprint density at radius 1 is 0.847 bits per heavy atom. The highest BCUT2D eigenvalue weighted by atomic mass is 16.5. The molecule has 0 bridgehead atoms. The molecule has 5 aromatic rings. The maximum Gasteiger partial charge on any atom is 0.407 e. The summed E-state index contributed by atoms with van der Waals surface area (Å²) in [5.74, 6) is 0.752. The molecular formula is C45H54N8O6. The van der Waals surface area contributed by atoms with E-state index in [2.05, 4.69) is 80.7 Å². The van der Waals surface area contributed by atoms with E-state index in [-0.39, 0.29) is 36.2 Å². The van der Waals surface area contributed by atoms with Gasteiger partial charge in [0, 0.05) is 13.1 Å². The molecule has 1 aliphatic rings. The molecular weight excluding hydrogens is 749 g/mol. The zero-order valence-corrected chi connectivity index (χ0v) is 34.6. The molecule has 6 rings (SSSR count). The van der Waals surface area contributed by atoms with Crippen LogP contribution in [0.25, 0.3) is 44.5 Å². The first-order valence-corrected chi connectivity index (χ1v) is 20.0. The van der Waals surface area contributed by atoms with Crippen molar-refractivity contribution in [2.24, 2.45) is 11.8 Å². The van der Waals surface area contributed by atoms with Crippen LogP contribution in [0, 0.1) is 11.8 Å². The number of fused-ring (bicyclic) bond motifs is 1. The number of nitrogens with one attached hydrogen (secondary N) is 4. The Kier molecular flexibility index (Phi) is 13.5. The number of carbonyl (C=O) groups is 4. The van der Waals surface area contributed by atoms with Crippen LogP contribution in [-0.2, 0) is 25.6 Å². The molecule has 1 saturated heterocycles. The summed E-state index contributed by atoms with van der Waals surface area (Å²) < 4.78 is 9.52. The van der Waals surface area contributed by atoms with Gasteiger partial charge in [-0.05, 0) is 71.0 Å². The number of ether oxygens (including phenoxy) is 2. The number of likely N-dealkylation sites (tertiary alicyclic amines) is 1. The SMILES string of the molecule is C=CCCN(Cc1ncc(-c2ccc(-c3ccc(-c4ccc5nc([C@@H]6CCCN6C(=O)[C@@H](NC(=O)OC)C(C)C)[nH]c5c4)cc3)cc2)[nH]1)C(=O)[C@@H](NC(=O)OC)C(C)C. The molecule has 4 N–H and O–H groups in total. The van der Waals surface area contributed by atoms with Crippen LogP contribution in [-0.4, -0.2) is 93.1 Å². The highest BCUT2D eigenvalue weighted by molar-refractivity contribution is 5.87. The number of imidazole rings is 2. The number of aromatic amines is 2. The van der Waals surface area contributed by atoms with E-state index in [4.69, 9.17) is 14.5 Å². The van der Waals surface area contributed by atoms with Crippen LogP contribution in [0.2, 0.25) is 0 Å². The largest absolute Gasteiger partial charge is 0.453 e. The zero-order valence-electron chi connectivity index (χ0n) is 34.6. The number of benzene rings is 3. The summed E-state index contributed by atoms with van der Waals surface area (Å²) in [5.41, 5.74) is 7.71. The molecule has 0 radical (unpaired) electrons. The second-order valence-corrected chi connectivity index (χ2v) is 15.5. The number of alkyl carbamates (subject to hydrolysis) is 2. The van der Waals surface area contributed by atoms with E-state index in [0.29, 0.717) is 25.3 Å². The highest BCUT2D eigenvalue weighted by Crippen LogP contribution is 2.34. The number of hydrogen-bond donors (Lipinski definition) is 4. The Morgan fingerprint density at radius 2 is 1.42 bits per heavy atom. The van der Waals surface area contributed by atoms with E-state index in [1.807, 2.05) is 50.8 Å². The third kappa shape index (κ3) is 9.82. The van der Waals surface area contributed by atoms with E-state index >= 15 is 0 Å². The smallest absolute Gasteiger partial charge is 0.407 e. The van der Waals surface area contributed by atoms with Crippen molar-refractivity contribution < 1.29 is 28.7 Å². The monoisotopic (exact) mass is 802 g/mol. The Morgan fingerprint density at radius 3 is 2.02 bits per heavy atom. The number of aromatic nitrogens is 4. The van der Waals surface area contributed by atoms with Crippen LogP contribution >= 0.6 is 0 Å². The molecule has 3 atom stereocenters. The third-order valence-corrected chi connectivity index (χ3v) is 10.8. The van der Waals surface area contributed by atoms with Crippen LogP contribution in [0.3, 0.4) is 0 Å². The predicted molar refractivity (Wildman–Crippen MR) is 227 cm³/mol. The number of H-pyrrole nitrogens is 2. The predicted octanol–water partition coefficient (Wildman–Crippen LogP) is 7.62. The minimum absolute atomic E-state index is 0.109. The fourth-order valence-electron chi connectivity index (χ4n) is 7.44. The van der Waals surface area contributed by atoms with Gasteiger partial charge in [0.15, 0.2) is 0 Å². The lowest BCUT2D eigenvalue weighted by molar-refractivity contribution is -0.136. The molecule has 14 heteroatoms. The van der Waals surface area contributed by atoms with Crippen LogP contribution in [0.5, 0.6) is 0 Å². The standard InChI is InChI=1S/C45H54N8O6/c1-8-9-22-52(42(54)39(27(2)3)50-44(56)58-6)26-38-46-25-36(47-38)32-18-16-30(17-19-32)29-12-14-31(15-13-29)33-20-21-34-35(24-33)49-41(48-34)37-11-10-23-53(37)43(55)40(28(4)5)51-45(57)59-7/h8,12-21,24-25,27-28,37,39-40H,1,9-11,22-23,26H2,2-7H3,(H,46,47)(H,48,49)(H,50,56)(H,51,57)/t37-,39-,40-/m0/s1. The number of amides is 4. The van der Waals surface area contributed by atoms with Crippen molar-refractivity contribution in [2.75, 3.05) is 27.3 Å². The van der Waals surface area contributed by atoms with Crippen molar-refractivity contribution in [3.05, 3.63) is 97.2 Å². The molecule has 1 fully saturated rings. The van der Waals surface area contributed by atoms with Gasteiger partial charge in [-0.25, -0.2) is 19.6 Å². The number of carbonyl (C=O) groups excluding carboxylic acids is 4. The van der Waals surface area contributed by atoms with E-state index in [9.17, 15) is 19.2 Å². The van der Waals surface area contributed by atoms with Crippen molar-refractivity contribution >= 4 is 35.0 Å². The summed E-state index contributed by atoms with van der Waals surface area (Å²) in [5, 5.41) is 5.37. The normalized spacial score (nSPS) is 14.9. The van der Waals surface area contributed by atoms with Gasteiger partial charge in [0.25, 0.3) is 0 Å². The molecule has 0 saturated carbocycles. The van der Waals surface area contributed by atoms with Gasteiger partial charge in [-0.15, -0.1) is 6.58 Å². The summed E-state index contributed by atoms with van der Waals surface area (Å²) in [6.45, 7) is 12.6. The average molecular weight is 803 g/mol. The topological polar surface area (TPSA) is 175 Å². The van der Waals surface area contributed by atoms with E-state index in [0.717, 1.165) is 63.2 Å². The number of methoxy groups -OCH3 is 2. The van der Waals surface area contributed by atoms with Gasteiger partial charge in [-0.2, -0.15) is 0 Å². The molecule has 0 spiro atoms. The summed E-state index contributed by atoms with van der Waals surface area (Å²) in [6, 6.07) is 21.1. The fraction of sp³-hybridized carbons (Fsp3) is 0.378. The van der Waals surface area contributed by atoms with Crippen LogP contribution in [0.15, 0.2) is 85.6 Å². The maximum absolute atomic E-state index is 13.6. The Bertz CT molecular complexity index is 2260. The lowest BCUT2D eigenvalue weighted by Gasteiger charge is -2.29. The van der Waals surface area contributed by atoms with Gasteiger partial charge in [0.05, 0.1) is 49.7 Å². The lowest BCUT2D eigenvalue weighted by atomic mass is 9.99. The lowest BCUT2D eigenvalue weighted by Crippen LogP contribution is -2.51. The van der Waals surface area contributed by atoms with Gasteiger partial charge in [-0.3, -0.25) is 9.59 Å². The van der Waals surface area contributed by atoms with Gasteiger partial charge in [0.2, 0.25) is 11.8 Å². The van der Waals surface area contributed by atoms with Crippen molar-refractivity contribution in [1.82, 2.24) is 40.4 Å². The molecule has 3 heterocycles. The Labute approximate surface area is 344 Å². The minimum atomic E-state index is -0.742. The van der Waals surface area contributed by atoms with Crippen LogP contribution < -0.4 is 10.6 Å². The summed E-state index contributed by atoms with van der Waals surface area (Å²) in [7, 11) is 2.56. The van der Waals surface area contributed by atoms with Gasteiger partial charge in [-0.1, -0.05) is 88.4 Å². The van der Waals surface area contributed by atoms with Crippen LogP contribution in [0.1, 0.15) is 64.6 Å². The summed E-state index contributed by atoms with van der Waals surface area (Å²) in [4.78, 5) is 70.9. The fourth-order valence-corrected chi connectivity index (χ4v) is 7.44. The van der Waals surface area contributed by atoms with Gasteiger partial charge >= 0.3 is 12.2 Å². The molecule has 3 aromatic carbocycles. The molecule has 2 aromatic heterocycles. The highest BCUT2D eigenvalue weighted by Gasteiger charge is 2.37. The number of rotatable bonds is 15. The van der Waals surface area contributed by atoms with Gasteiger partial charge in [0.1, 0.15) is 23.7 Å². The van der Waals surface area contributed by atoms with E-state index < -0.39 is 24.3 Å². The van der Waals surface area contributed by atoms with Crippen molar-refractivity contribution in [3.63, 3.8) is 0 Å². The molecule has 0 unspecified atom stereocenters. The first-order valence-electron chi connectivity index (χ1n) is 20.0. The third-order valence-electron chi connectivity index (χ3n) is 10.8.